The van der Waals surface area contributed by atoms with Crippen LogP contribution in [0.1, 0.15) is 5.56 Å². The predicted octanol–water partition coefficient (Wildman–Crippen LogP) is 4.32. The number of aromatic nitrogens is 1. The highest BCUT2D eigenvalue weighted by molar-refractivity contribution is 6.11. The Hall–Kier alpha value is -2.52. The largest absolute Gasteiger partial charge is 0.477 e. The van der Waals surface area contributed by atoms with Gasteiger partial charge in [-0.25, -0.2) is 0 Å². The number of hydrogen-bond acceptors (Lipinski definition) is 2. The summed E-state index contributed by atoms with van der Waals surface area (Å²) in [5.41, 5.74) is 3.68. The molecule has 0 fully saturated rings. The first-order valence-corrected chi connectivity index (χ1v) is 7.93. The van der Waals surface area contributed by atoms with Crippen molar-refractivity contribution in [2.24, 2.45) is 0 Å². The number of ether oxygens (including phenoxy) is 1. The second-order valence-corrected chi connectivity index (χ2v) is 5.94. The van der Waals surface area contributed by atoms with Gasteiger partial charge in [-0.15, -0.1) is 13.2 Å². The normalized spacial score (nSPS) is 14.6. The highest BCUT2D eigenvalue weighted by Crippen LogP contribution is 2.40. The lowest BCUT2D eigenvalue weighted by Crippen LogP contribution is -2.32. The molecule has 3 heteroatoms. The minimum atomic E-state index is 0.610. The van der Waals surface area contributed by atoms with E-state index in [0.29, 0.717) is 6.73 Å². The van der Waals surface area contributed by atoms with Gasteiger partial charge in [0, 0.05) is 36.1 Å². The number of nitrogens with zero attached hydrogens (tertiary/aromatic N) is 2. The fourth-order valence-electron chi connectivity index (χ4n) is 3.51. The van der Waals surface area contributed by atoms with Crippen LogP contribution in [0.2, 0.25) is 0 Å². The smallest absolute Gasteiger partial charge is 0.142 e. The standard InChI is InChI=1S/C20H20N2O/c1-3-11-21-13-15-9-10-18-19(20(15)23-14-21)16-7-5-6-8-17(16)22(18)12-4-2/h3-10H,1-2,11-14H2. The van der Waals surface area contributed by atoms with Gasteiger partial charge in [0.1, 0.15) is 12.5 Å². The van der Waals surface area contributed by atoms with Crippen LogP contribution in [0.5, 0.6) is 5.75 Å². The summed E-state index contributed by atoms with van der Waals surface area (Å²) in [6.45, 7) is 10.9. The highest BCUT2D eigenvalue weighted by Gasteiger charge is 2.22. The summed E-state index contributed by atoms with van der Waals surface area (Å²) in [6.07, 6.45) is 3.86. The summed E-state index contributed by atoms with van der Waals surface area (Å²) in [5.74, 6) is 1.03. The molecule has 0 radical (unpaired) electrons. The van der Waals surface area contributed by atoms with Crippen LogP contribution in [0.25, 0.3) is 21.8 Å². The van der Waals surface area contributed by atoms with Gasteiger partial charge in [0.2, 0.25) is 0 Å². The Balaban J connectivity index is 1.97. The Morgan fingerprint density at radius 1 is 1.00 bits per heavy atom. The van der Waals surface area contributed by atoms with Crippen LogP contribution in [0, 0.1) is 0 Å². The van der Waals surface area contributed by atoms with Crippen molar-refractivity contribution in [1.82, 2.24) is 9.47 Å². The van der Waals surface area contributed by atoms with Crippen LogP contribution < -0.4 is 4.74 Å². The van der Waals surface area contributed by atoms with E-state index in [0.717, 1.165) is 25.4 Å². The molecule has 0 saturated carbocycles. The first-order chi connectivity index (χ1) is 11.3. The molecule has 0 unspecified atom stereocenters. The topological polar surface area (TPSA) is 17.4 Å². The number of fused-ring (bicyclic) bond motifs is 5. The molecule has 3 aromatic rings. The molecule has 4 rings (SSSR count). The SMILES string of the molecule is C=CCN1COc2c(ccc3c2c2ccccc2n3CC=C)C1. The first-order valence-electron chi connectivity index (χ1n) is 7.93. The molecule has 1 aromatic heterocycles. The van der Waals surface area contributed by atoms with E-state index in [9.17, 15) is 0 Å². The third kappa shape index (κ3) is 2.16. The van der Waals surface area contributed by atoms with Crippen molar-refractivity contribution >= 4 is 21.8 Å². The van der Waals surface area contributed by atoms with Crippen molar-refractivity contribution in [3.8, 4) is 5.75 Å². The molecule has 116 valence electrons. The van der Waals surface area contributed by atoms with Crippen molar-refractivity contribution < 1.29 is 4.74 Å². The lowest BCUT2D eigenvalue weighted by molar-refractivity contribution is 0.109. The molecular formula is C20H20N2O. The van der Waals surface area contributed by atoms with Crippen LogP contribution >= 0.6 is 0 Å². The molecule has 2 aromatic carbocycles. The quantitative estimate of drug-likeness (QED) is 0.668. The zero-order valence-corrected chi connectivity index (χ0v) is 13.2. The van der Waals surface area contributed by atoms with E-state index >= 15 is 0 Å². The van der Waals surface area contributed by atoms with Crippen molar-refractivity contribution in [2.75, 3.05) is 13.3 Å². The van der Waals surface area contributed by atoms with E-state index < -0.39 is 0 Å². The molecule has 3 nitrogen and oxygen atoms in total. The van der Waals surface area contributed by atoms with Crippen molar-refractivity contribution in [1.29, 1.82) is 0 Å². The molecule has 0 amide bonds. The zero-order valence-electron chi connectivity index (χ0n) is 13.2. The summed E-state index contributed by atoms with van der Waals surface area (Å²) in [6, 6.07) is 12.9. The van der Waals surface area contributed by atoms with Gasteiger partial charge < -0.3 is 9.30 Å². The average molecular weight is 304 g/mol. The molecule has 0 N–H and O–H groups in total. The number of hydrogen-bond donors (Lipinski definition) is 0. The van der Waals surface area contributed by atoms with Gasteiger partial charge >= 0.3 is 0 Å². The monoisotopic (exact) mass is 304 g/mol. The Morgan fingerprint density at radius 3 is 2.65 bits per heavy atom. The second-order valence-electron chi connectivity index (χ2n) is 5.94. The molecule has 1 aliphatic heterocycles. The summed E-state index contributed by atoms with van der Waals surface area (Å²) in [4.78, 5) is 2.24. The van der Waals surface area contributed by atoms with E-state index in [4.69, 9.17) is 4.74 Å². The average Bonchev–Trinajstić information content (AvgIpc) is 2.90. The molecule has 1 aliphatic rings. The lowest BCUT2D eigenvalue weighted by Gasteiger charge is -2.28. The molecule has 23 heavy (non-hydrogen) atoms. The molecular weight excluding hydrogens is 284 g/mol. The zero-order chi connectivity index (χ0) is 15.8. The van der Waals surface area contributed by atoms with Gasteiger partial charge in [0.05, 0.1) is 10.9 Å². The van der Waals surface area contributed by atoms with E-state index in [1.54, 1.807) is 0 Å². The van der Waals surface area contributed by atoms with E-state index in [2.05, 4.69) is 59.0 Å². The Bertz CT molecular complexity index is 907. The molecule has 0 aliphatic carbocycles. The Morgan fingerprint density at radius 2 is 1.83 bits per heavy atom. The van der Waals surface area contributed by atoms with Crippen LogP contribution in [-0.4, -0.2) is 22.7 Å². The van der Waals surface area contributed by atoms with Crippen LogP contribution in [0.3, 0.4) is 0 Å². The van der Waals surface area contributed by atoms with Gasteiger partial charge in [-0.05, 0) is 12.1 Å². The van der Waals surface area contributed by atoms with E-state index in [1.807, 2.05) is 12.2 Å². The first kappa shape index (κ1) is 14.1. The summed E-state index contributed by atoms with van der Waals surface area (Å²) < 4.78 is 8.44. The molecule has 0 saturated heterocycles. The minimum Gasteiger partial charge on any atom is -0.477 e. The Labute approximate surface area is 136 Å². The lowest BCUT2D eigenvalue weighted by atomic mass is 10.1. The maximum Gasteiger partial charge on any atom is 0.142 e. The van der Waals surface area contributed by atoms with E-state index in [-0.39, 0.29) is 0 Å². The number of allylic oxidation sites excluding steroid dienone is 1. The Kier molecular flexibility index (Phi) is 3.43. The van der Waals surface area contributed by atoms with Crippen LogP contribution in [0.4, 0.5) is 0 Å². The van der Waals surface area contributed by atoms with Crippen LogP contribution in [-0.2, 0) is 13.1 Å². The summed E-state index contributed by atoms with van der Waals surface area (Å²) in [7, 11) is 0. The van der Waals surface area contributed by atoms with Crippen LogP contribution in [0.15, 0.2) is 61.7 Å². The fourth-order valence-corrected chi connectivity index (χ4v) is 3.51. The van der Waals surface area contributed by atoms with Gasteiger partial charge in [0.25, 0.3) is 0 Å². The molecule has 2 heterocycles. The third-order valence-corrected chi connectivity index (χ3v) is 4.46. The van der Waals surface area contributed by atoms with Crippen molar-refractivity contribution in [3.05, 3.63) is 67.3 Å². The molecule has 0 bridgehead atoms. The summed E-state index contributed by atoms with van der Waals surface area (Å²) >= 11 is 0. The van der Waals surface area contributed by atoms with Crippen molar-refractivity contribution in [3.63, 3.8) is 0 Å². The highest BCUT2D eigenvalue weighted by atomic mass is 16.5. The maximum absolute atomic E-state index is 6.14. The fraction of sp³-hybridized carbons (Fsp3) is 0.200. The molecule has 0 spiro atoms. The van der Waals surface area contributed by atoms with Gasteiger partial charge in [0.15, 0.2) is 0 Å². The number of benzene rings is 2. The maximum atomic E-state index is 6.14. The third-order valence-electron chi connectivity index (χ3n) is 4.46. The minimum absolute atomic E-state index is 0.610. The predicted molar refractivity (Wildman–Crippen MR) is 95.7 cm³/mol. The molecule has 0 atom stereocenters. The van der Waals surface area contributed by atoms with Gasteiger partial charge in [-0.3, -0.25) is 4.90 Å². The van der Waals surface area contributed by atoms with Crippen molar-refractivity contribution in [2.45, 2.75) is 13.1 Å². The summed E-state index contributed by atoms with van der Waals surface area (Å²) in [5, 5.41) is 2.47. The second kappa shape index (κ2) is 5.60. The van der Waals surface area contributed by atoms with Gasteiger partial charge in [-0.1, -0.05) is 36.4 Å². The van der Waals surface area contributed by atoms with E-state index in [1.165, 1.54) is 27.4 Å². The number of para-hydroxylation sites is 1. The number of rotatable bonds is 4. The van der Waals surface area contributed by atoms with Gasteiger partial charge in [-0.2, -0.15) is 0 Å².